The fourth-order valence-corrected chi connectivity index (χ4v) is 1.86. The van der Waals surface area contributed by atoms with Crippen LogP contribution >= 0.6 is 0 Å². The van der Waals surface area contributed by atoms with E-state index < -0.39 is 0 Å². The predicted octanol–water partition coefficient (Wildman–Crippen LogP) is 0.359. The molecule has 3 atom stereocenters. The molecule has 0 spiro atoms. The molecule has 0 bridgehead atoms. The van der Waals surface area contributed by atoms with E-state index in [1.165, 1.54) is 0 Å². The van der Waals surface area contributed by atoms with Gasteiger partial charge in [0.25, 0.3) is 0 Å². The van der Waals surface area contributed by atoms with Gasteiger partial charge in [0.1, 0.15) is 0 Å². The summed E-state index contributed by atoms with van der Waals surface area (Å²) in [5.41, 5.74) is 5.31. The summed E-state index contributed by atoms with van der Waals surface area (Å²) in [5.74, 6) is -0.252. The van der Waals surface area contributed by atoms with Gasteiger partial charge in [-0.15, -0.1) is 0 Å². The number of amides is 1. The van der Waals surface area contributed by atoms with Gasteiger partial charge in [0.2, 0.25) is 5.91 Å². The smallest absolute Gasteiger partial charge is 0.234 e. The molecule has 82 valence electrons. The van der Waals surface area contributed by atoms with Gasteiger partial charge < -0.3 is 10.5 Å². The monoisotopic (exact) mass is 200 g/mol. The largest absolute Gasteiger partial charge is 0.376 e. The summed E-state index contributed by atoms with van der Waals surface area (Å²) in [7, 11) is 0. The van der Waals surface area contributed by atoms with Gasteiger partial charge in [-0.2, -0.15) is 0 Å². The maximum atomic E-state index is 11.1. The number of carbonyl (C=O) groups is 1. The summed E-state index contributed by atoms with van der Waals surface area (Å²) in [4.78, 5) is 13.3. The molecule has 0 aromatic rings. The van der Waals surface area contributed by atoms with E-state index in [0.29, 0.717) is 12.6 Å². The molecule has 1 amide bonds. The second-order valence-electron chi connectivity index (χ2n) is 3.98. The average molecular weight is 200 g/mol. The zero-order valence-electron chi connectivity index (χ0n) is 9.19. The van der Waals surface area contributed by atoms with Crippen molar-refractivity contribution in [2.45, 2.75) is 45.4 Å². The van der Waals surface area contributed by atoms with E-state index in [2.05, 4.69) is 11.8 Å². The molecule has 1 heterocycles. The second-order valence-corrected chi connectivity index (χ2v) is 3.98. The number of carbonyl (C=O) groups excluding carboxylic acids is 1. The van der Waals surface area contributed by atoms with Crippen molar-refractivity contribution < 1.29 is 9.53 Å². The first kappa shape index (κ1) is 11.5. The van der Waals surface area contributed by atoms with Crippen LogP contribution in [0.5, 0.6) is 0 Å². The van der Waals surface area contributed by atoms with Crippen molar-refractivity contribution in [1.82, 2.24) is 4.90 Å². The van der Waals surface area contributed by atoms with Crippen LogP contribution in [0.25, 0.3) is 0 Å². The van der Waals surface area contributed by atoms with Gasteiger partial charge in [-0.1, -0.05) is 6.92 Å². The molecular weight excluding hydrogens is 180 g/mol. The van der Waals surface area contributed by atoms with Gasteiger partial charge in [0.15, 0.2) is 0 Å². The average Bonchev–Trinajstić information content (AvgIpc) is 2.16. The van der Waals surface area contributed by atoms with Crippen LogP contribution in [0.3, 0.4) is 0 Å². The van der Waals surface area contributed by atoms with Gasteiger partial charge >= 0.3 is 0 Å². The third-order valence-electron chi connectivity index (χ3n) is 2.89. The lowest BCUT2D eigenvalue weighted by Gasteiger charge is -2.40. The minimum absolute atomic E-state index is 0.189. The number of hydrogen-bond donors (Lipinski definition) is 1. The first-order valence-electron chi connectivity index (χ1n) is 5.23. The number of morpholine rings is 1. The Morgan fingerprint density at radius 2 is 2.36 bits per heavy atom. The number of rotatable bonds is 3. The Morgan fingerprint density at radius 1 is 1.71 bits per heavy atom. The maximum Gasteiger partial charge on any atom is 0.234 e. The predicted molar refractivity (Wildman–Crippen MR) is 54.9 cm³/mol. The molecule has 1 aliphatic rings. The molecule has 1 saturated heterocycles. The van der Waals surface area contributed by atoms with Gasteiger partial charge in [-0.25, -0.2) is 0 Å². The number of ether oxygens (including phenoxy) is 1. The standard InChI is InChI=1S/C10H20N2O2/c1-4-9-6-14-7(2)5-12(9)8(3)10(11)13/h7-9H,4-6H2,1-3H3,(H2,11,13). The Balaban J connectivity index is 2.65. The first-order chi connectivity index (χ1) is 6.56. The Morgan fingerprint density at radius 3 is 2.86 bits per heavy atom. The normalized spacial score (nSPS) is 31.4. The SMILES string of the molecule is CCC1COC(C)CN1C(C)C(N)=O. The molecule has 0 aromatic carbocycles. The zero-order valence-corrected chi connectivity index (χ0v) is 9.19. The second kappa shape index (κ2) is 4.75. The van der Waals surface area contributed by atoms with Crippen molar-refractivity contribution in [2.75, 3.05) is 13.2 Å². The minimum atomic E-state index is -0.252. The van der Waals surface area contributed by atoms with E-state index in [1.54, 1.807) is 0 Å². The summed E-state index contributed by atoms with van der Waals surface area (Å²) in [6.07, 6.45) is 1.18. The highest BCUT2D eigenvalue weighted by Gasteiger charge is 2.31. The van der Waals surface area contributed by atoms with Gasteiger partial charge in [-0.3, -0.25) is 9.69 Å². The maximum absolute atomic E-state index is 11.1. The van der Waals surface area contributed by atoms with Crippen LogP contribution in [-0.4, -0.2) is 42.1 Å². The van der Waals surface area contributed by atoms with Crippen LogP contribution < -0.4 is 5.73 Å². The number of primary amides is 1. The lowest BCUT2D eigenvalue weighted by atomic mass is 10.1. The van der Waals surface area contributed by atoms with Crippen molar-refractivity contribution in [2.24, 2.45) is 5.73 Å². The Hall–Kier alpha value is -0.610. The van der Waals surface area contributed by atoms with Gasteiger partial charge in [-0.05, 0) is 20.3 Å². The summed E-state index contributed by atoms with van der Waals surface area (Å²) >= 11 is 0. The summed E-state index contributed by atoms with van der Waals surface area (Å²) in [6.45, 7) is 7.48. The molecule has 0 saturated carbocycles. The van der Waals surface area contributed by atoms with Crippen molar-refractivity contribution in [1.29, 1.82) is 0 Å². The third-order valence-corrected chi connectivity index (χ3v) is 2.89. The quantitative estimate of drug-likeness (QED) is 0.715. The van der Waals surface area contributed by atoms with Gasteiger partial charge in [0, 0.05) is 12.6 Å². The molecule has 1 fully saturated rings. The van der Waals surface area contributed by atoms with Crippen LogP contribution in [0.2, 0.25) is 0 Å². The highest BCUT2D eigenvalue weighted by atomic mass is 16.5. The van der Waals surface area contributed by atoms with E-state index in [4.69, 9.17) is 10.5 Å². The number of hydrogen-bond acceptors (Lipinski definition) is 3. The fourth-order valence-electron chi connectivity index (χ4n) is 1.86. The highest BCUT2D eigenvalue weighted by Crippen LogP contribution is 2.17. The molecule has 1 rings (SSSR count). The van der Waals surface area contributed by atoms with Crippen LogP contribution in [-0.2, 0) is 9.53 Å². The lowest BCUT2D eigenvalue weighted by molar-refractivity contribution is -0.129. The zero-order chi connectivity index (χ0) is 10.7. The van der Waals surface area contributed by atoms with Crippen LogP contribution in [0.4, 0.5) is 0 Å². The Labute approximate surface area is 85.4 Å². The van der Waals surface area contributed by atoms with Crippen molar-refractivity contribution in [3.63, 3.8) is 0 Å². The summed E-state index contributed by atoms with van der Waals surface area (Å²) in [5, 5.41) is 0. The Kier molecular flexibility index (Phi) is 3.89. The van der Waals surface area contributed by atoms with Crippen LogP contribution in [0, 0.1) is 0 Å². The van der Waals surface area contributed by atoms with Crippen molar-refractivity contribution in [3.8, 4) is 0 Å². The van der Waals surface area contributed by atoms with Crippen LogP contribution in [0.1, 0.15) is 27.2 Å². The molecule has 4 heteroatoms. The first-order valence-corrected chi connectivity index (χ1v) is 5.23. The summed E-state index contributed by atoms with van der Waals surface area (Å²) < 4.78 is 5.55. The number of nitrogens with zero attached hydrogens (tertiary/aromatic N) is 1. The van der Waals surface area contributed by atoms with E-state index in [9.17, 15) is 4.79 Å². The topological polar surface area (TPSA) is 55.6 Å². The lowest BCUT2D eigenvalue weighted by Crippen LogP contribution is -2.55. The third kappa shape index (κ3) is 2.45. The van der Waals surface area contributed by atoms with Crippen molar-refractivity contribution >= 4 is 5.91 Å². The Bertz CT molecular complexity index is 208. The molecule has 0 aliphatic carbocycles. The van der Waals surface area contributed by atoms with E-state index in [-0.39, 0.29) is 18.1 Å². The van der Waals surface area contributed by atoms with E-state index >= 15 is 0 Å². The molecular formula is C10H20N2O2. The molecule has 0 aromatic heterocycles. The molecule has 2 N–H and O–H groups in total. The number of nitrogens with two attached hydrogens (primary N) is 1. The summed E-state index contributed by atoms with van der Waals surface area (Å²) in [6, 6.07) is 0.139. The van der Waals surface area contributed by atoms with Crippen LogP contribution in [0.15, 0.2) is 0 Å². The van der Waals surface area contributed by atoms with E-state index in [1.807, 2.05) is 13.8 Å². The molecule has 4 nitrogen and oxygen atoms in total. The highest BCUT2D eigenvalue weighted by molar-refractivity contribution is 5.79. The van der Waals surface area contributed by atoms with E-state index in [0.717, 1.165) is 13.0 Å². The fraction of sp³-hybridized carbons (Fsp3) is 0.900. The minimum Gasteiger partial charge on any atom is -0.376 e. The molecule has 14 heavy (non-hydrogen) atoms. The van der Waals surface area contributed by atoms with Crippen molar-refractivity contribution in [3.05, 3.63) is 0 Å². The molecule has 1 aliphatic heterocycles. The molecule has 3 unspecified atom stereocenters. The molecule has 0 radical (unpaired) electrons. The van der Waals surface area contributed by atoms with Gasteiger partial charge in [0.05, 0.1) is 18.8 Å².